The summed E-state index contributed by atoms with van der Waals surface area (Å²) in [5.74, 6) is -6.87. The van der Waals surface area contributed by atoms with Gasteiger partial charge in [-0.2, -0.15) is 0 Å². The second-order valence-electron chi connectivity index (χ2n) is 10.7. The number of aryl methyl sites for hydroxylation is 2. The number of nitrogens with zero attached hydrogens (tertiary/aromatic N) is 2. The van der Waals surface area contributed by atoms with Crippen molar-refractivity contribution in [3.63, 3.8) is 0 Å². The van der Waals surface area contributed by atoms with E-state index in [2.05, 4.69) is 4.98 Å². The third kappa shape index (κ3) is 7.34. The molecule has 14 heteroatoms. The van der Waals surface area contributed by atoms with Crippen molar-refractivity contribution >= 4 is 46.4 Å². The topological polar surface area (TPSA) is 192 Å². The molecule has 0 bridgehead atoms. The maximum absolute atomic E-state index is 13.4. The maximum atomic E-state index is 13.4. The number of fused-ring (bicyclic) bond motifs is 1. The van der Waals surface area contributed by atoms with Crippen LogP contribution in [0.4, 0.5) is 0 Å². The largest absolute Gasteiger partial charge is 0.481 e. The van der Waals surface area contributed by atoms with Crippen molar-refractivity contribution in [1.82, 2.24) is 9.55 Å². The Kier molecular flexibility index (Phi) is 9.90. The molecule has 2 aromatic carbocycles. The lowest BCUT2D eigenvalue weighted by atomic mass is 9.71. The van der Waals surface area contributed by atoms with E-state index in [4.69, 9.17) is 25.8 Å². The summed E-state index contributed by atoms with van der Waals surface area (Å²) in [6.45, 7) is 4.26. The number of halogens is 1. The summed E-state index contributed by atoms with van der Waals surface area (Å²) in [4.78, 5) is 64.9. The van der Waals surface area contributed by atoms with Crippen LogP contribution in [-0.2, 0) is 28.7 Å². The van der Waals surface area contributed by atoms with Crippen LogP contribution in [0, 0.1) is 31.6 Å². The molecule has 1 aliphatic heterocycles. The summed E-state index contributed by atoms with van der Waals surface area (Å²) in [5.41, 5.74) is 1.41. The third-order valence-corrected chi connectivity index (χ3v) is 7.78. The fourth-order valence-corrected chi connectivity index (χ4v) is 6.00. The molecule has 0 aliphatic carbocycles. The van der Waals surface area contributed by atoms with Gasteiger partial charge in [-0.1, -0.05) is 11.6 Å². The van der Waals surface area contributed by atoms with Crippen LogP contribution >= 0.6 is 11.6 Å². The molecular formula is C30H31ClN2O11. The number of carbonyl (C=O) groups excluding carboxylic acids is 1. The van der Waals surface area contributed by atoms with Gasteiger partial charge in [0.2, 0.25) is 6.29 Å². The first-order valence-corrected chi connectivity index (χ1v) is 14.0. The molecule has 0 spiro atoms. The number of aliphatic carboxylic acids is 3. The standard InChI is InChI=1S/C30H31ClN2O11/c1-14-8-17(31)9-23-28(14)32-15(2)33(29(23)41)18-4-6-19(7-5-18)43-30-22(12-27(39)40)20(10-25(35)36)21(11-26(37)38)24(44-30)13-42-16(3)34/h4-9,20-22,24,30H,10-13H2,1-3H3,(H,35,36)(H,37,38)(H,39,40)/t20-,21+,22+,24-,30-/m1/s1. The normalized spacial score (nSPS) is 21.5. The van der Waals surface area contributed by atoms with Crippen molar-refractivity contribution in [3.05, 3.63) is 63.2 Å². The van der Waals surface area contributed by atoms with Crippen molar-refractivity contribution < 1.29 is 48.7 Å². The van der Waals surface area contributed by atoms with Gasteiger partial charge in [0.05, 0.1) is 35.5 Å². The van der Waals surface area contributed by atoms with Gasteiger partial charge in [0.25, 0.3) is 5.56 Å². The van der Waals surface area contributed by atoms with E-state index in [1.54, 1.807) is 31.2 Å². The van der Waals surface area contributed by atoms with Gasteiger partial charge >= 0.3 is 23.9 Å². The van der Waals surface area contributed by atoms with Gasteiger partial charge in [-0.3, -0.25) is 28.5 Å². The summed E-state index contributed by atoms with van der Waals surface area (Å²) < 4.78 is 18.5. The fraction of sp³-hybridized carbons (Fsp3) is 0.400. The number of esters is 1. The summed E-state index contributed by atoms with van der Waals surface area (Å²) >= 11 is 6.18. The van der Waals surface area contributed by atoms with Gasteiger partial charge < -0.3 is 29.5 Å². The number of carboxylic acids is 3. The Bertz CT molecular complexity index is 1650. The van der Waals surface area contributed by atoms with Gasteiger partial charge in [0.15, 0.2) is 0 Å². The molecule has 0 radical (unpaired) electrons. The zero-order valence-corrected chi connectivity index (χ0v) is 24.8. The summed E-state index contributed by atoms with van der Waals surface area (Å²) in [7, 11) is 0. The molecule has 13 nitrogen and oxygen atoms in total. The molecule has 1 fully saturated rings. The van der Waals surface area contributed by atoms with E-state index < -0.39 is 73.3 Å². The van der Waals surface area contributed by atoms with Crippen LogP contribution in [0.3, 0.4) is 0 Å². The van der Waals surface area contributed by atoms with E-state index in [1.165, 1.54) is 16.7 Å². The van der Waals surface area contributed by atoms with E-state index in [9.17, 15) is 39.3 Å². The number of benzene rings is 2. The van der Waals surface area contributed by atoms with Crippen molar-refractivity contribution in [3.8, 4) is 11.4 Å². The zero-order chi connectivity index (χ0) is 32.3. The highest BCUT2D eigenvalue weighted by atomic mass is 35.5. The Morgan fingerprint density at radius 2 is 1.52 bits per heavy atom. The number of ether oxygens (including phenoxy) is 3. The molecule has 0 unspecified atom stereocenters. The first-order valence-electron chi connectivity index (χ1n) is 13.7. The van der Waals surface area contributed by atoms with Gasteiger partial charge in [0.1, 0.15) is 18.2 Å². The molecule has 0 saturated carbocycles. The molecule has 5 atom stereocenters. The van der Waals surface area contributed by atoms with Crippen LogP contribution in [0.25, 0.3) is 16.6 Å². The third-order valence-electron chi connectivity index (χ3n) is 7.56. The summed E-state index contributed by atoms with van der Waals surface area (Å²) in [6, 6.07) is 9.48. The Morgan fingerprint density at radius 1 is 0.932 bits per heavy atom. The molecule has 2 heterocycles. The quantitative estimate of drug-likeness (QED) is 0.261. The van der Waals surface area contributed by atoms with E-state index in [-0.39, 0.29) is 17.9 Å². The number of rotatable bonds is 11. The molecule has 3 N–H and O–H groups in total. The number of aromatic nitrogens is 2. The molecule has 4 rings (SSSR count). The minimum absolute atomic E-state index is 0.199. The Morgan fingerprint density at radius 3 is 2.11 bits per heavy atom. The smallest absolute Gasteiger partial charge is 0.303 e. The molecule has 1 aromatic heterocycles. The van der Waals surface area contributed by atoms with E-state index in [0.717, 1.165) is 12.5 Å². The molecule has 1 aliphatic rings. The molecule has 234 valence electrons. The van der Waals surface area contributed by atoms with Gasteiger partial charge in [-0.05, 0) is 61.7 Å². The van der Waals surface area contributed by atoms with Crippen LogP contribution in [0.2, 0.25) is 5.02 Å². The van der Waals surface area contributed by atoms with Crippen molar-refractivity contribution in [2.75, 3.05) is 6.61 Å². The highest BCUT2D eigenvalue weighted by Crippen LogP contribution is 2.42. The van der Waals surface area contributed by atoms with E-state index in [1.807, 2.05) is 6.92 Å². The van der Waals surface area contributed by atoms with E-state index in [0.29, 0.717) is 27.4 Å². The molecule has 3 aromatic rings. The lowest BCUT2D eigenvalue weighted by molar-refractivity contribution is -0.237. The van der Waals surface area contributed by atoms with Crippen LogP contribution in [0.15, 0.2) is 41.2 Å². The SMILES string of the molecule is CC(=O)OC[C@H]1O[C@@H](Oc2ccc(-n3c(C)nc4c(C)cc(Cl)cc4c3=O)cc2)[C@@H](CC(=O)O)[C@H](CC(=O)O)[C@@H]1CC(=O)O. The first kappa shape index (κ1) is 32.4. The van der Waals surface area contributed by atoms with Crippen molar-refractivity contribution in [2.24, 2.45) is 17.8 Å². The monoisotopic (exact) mass is 630 g/mol. The average molecular weight is 631 g/mol. The number of hydrogen-bond donors (Lipinski definition) is 3. The minimum Gasteiger partial charge on any atom is -0.481 e. The zero-order valence-electron chi connectivity index (χ0n) is 24.1. The predicted octanol–water partition coefficient (Wildman–Crippen LogP) is 3.60. The summed E-state index contributed by atoms with van der Waals surface area (Å²) in [6.07, 6.45) is -4.09. The summed E-state index contributed by atoms with van der Waals surface area (Å²) in [5, 5.41) is 29.5. The van der Waals surface area contributed by atoms with Crippen LogP contribution in [0.1, 0.15) is 37.6 Å². The lowest BCUT2D eigenvalue weighted by Crippen LogP contribution is -2.53. The van der Waals surface area contributed by atoms with Gasteiger partial charge in [-0.25, -0.2) is 4.98 Å². The van der Waals surface area contributed by atoms with Crippen LogP contribution in [0.5, 0.6) is 5.75 Å². The van der Waals surface area contributed by atoms with Gasteiger partial charge in [0, 0.05) is 30.2 Å². The Balaban J connectivity index is 1.69. The van der Waals surface area contributed by atoms with Crippen molar-refractivity contribution in [1.29, 1.82) is 0 Å². The fourth-order valence-electron chi connectivity index (χ4n) is 5.72. The number of carbonyl (C=O) groups is 4. The predicted molar refractivity (Wildman–Crippen MR) is 155 cm³/mol. The van der Waals surface area contributed by atoms with Crippen molar-refractivity contribution in [2.45, 2.75) is 52.4 Å². The number of hydrogen-bond acceptors (Lipinski definition) is 9. The average Bonchev–Trinajstić information content (AvgIpc) is 2.92. The first-order chi connectivity index (χ1) is 20.7. The van der Waals surface area contributed by atoms with Crippen LogP contribution in [-0.4, -0.2) is 67.7 Å². The Hall–Kier alpha value is -4.49. The van der Waals surface area contributed by atoms with Crippen LogP contribution < -0.4 is 10.3 Å². The second kappa shape index (κ2) is 13.4. The second-order valence-corrected chi connectivity index (χ2v) is 11.1. The molecule has 44 heavy (non-hydrogen) atoms. The highest BCUT2D eigenvalue weighted by Gasteiger charge is 2.49. The molecule has 0 amide bonds. The molecular weight excluding hydrogens is 600 g/mol. The van der Waals surface area contributed by atoms with E-state index >= 15 is 0 Å². The van der Waals surface area contributed by atoms with Gasteiger partial charge in [-0.15, -0.1) is 0 Å². The Labute approximate surface area is 255 Å². The lowest BCUT2D eigenvalue weighted by Gasteiger charge is -2.45. The maximum Gasteiger partial charge on any atom is 0.303 e. The minimum atomic E-state index is -1.33. The molecule has 1 saturated heterocycles. The number of carboxylic acid groups (broad SMARTS) is 3. The highest BCUT2D eigenvalue weighted by molar-refractivity contribution is 6.31.